The van der Waals surface area contributed by atoms with Crippen LogP contribution in [0, 0.1) is 0 Å². The lowest BCUT2D eigenvalue weighted by Crippen LogP contribution is -2.08. The van der Waals surface area contributed by atoms with E-state index >= 15 is 0 Å². The van der Waals surface area contributed by atoms with Crippen molar-refractivity contribution in [1.82, 2.24) is 4.98 Å². The summed E-state index contributed by atoms with van der Waals surface area (Å²) in [5, 5.41) is 0.932. The minimum absolute atomic E-state index is 0.167. The maximum Gasteiger partial charge on any atom is 0.165 e. The highest BCUT2D eigenvalue weighted by molar-refractivity contribution is 6.08. The van der Waals surface area contributed by atoms with E-state index in [1.54, 1.807) is 13.3 Å². The molecule has 1 aromatic carbocycles. The zero-order valence-electron chi connectivity index (χ0n) is 11.6. The second-order valence-corrected chi connectivity index (χ2v) is 5.21. The molecular weight excluding hydrogens is 254 g/mol. The molecule has 1 N–H and O–H groups in total. The van der Waals surface area contributed by atoms with Gasteiger partial charge in [-0.25, -0.2) is 0 Å². The highest BCUT2D eigenvalue weighted by atomic mass is 16.5. The van der Waals surface area contributed by atoms with Crippen LogP contribution in [-0.4, -0.2) is 30.6 Å². The van der Waals surface area contributed by atoms with Gasteiger partial charge < -0.3 is 14.5 Å². The third kappa shape index (κ3) is 2.56. The Morgan fingerprint density at radius 3 is 3.15 bits per heavy atom. The molecule has 0 radical (unpaired) electrons. The number of rotatable bonds is 5. The minimum atomic E-state index is 0.167. The van der Waals surface area contributed by atoms with Crippen LogP contribution in [0.1, 0.15) is 36.0 Å². The average Bonchev–Trinajstić information content (AvgIpc) is 3.13. The van der Waals surface area contributed by atoms with Gasteiger partial charge in [0.25, 0.3) is 0 Å². The summed E-state index contributed by atoms with van der Waals surface area (Å²) in [6.07, 6.45) is 5.60. The number of aromatic nitrogens is 1. The van der Waals surface area contributed by atoms with Crippen molar-refractivity contribution in [3.05, 3.63) is 30.0 Å². The fraction of sp³-hybridized carbons (Fsp3) is 0.438. The van der Waals surface area contributed by atoms with Crippen molar-refractivity contribution in [3.63, 3.8) is 0 Å². The van der Waals surface area contributed by atoms with Gasteiger partial charge in [-0.3, -0.25) is 4.79 Å². The van der Waals surface area contributed by atoms with Crippen molar-refractivity contribution in [2.75, 3.05) is 13.7 Å². The Balaban J connectivity index is 1.76. The molecule has 106 valence electrons. The number of fused-ring (bicyclic) bond motifs is 1. The summed E-state index contributed by atoms with van der Waals surface area (Å²) in [6.45, 7) is 0.836. The minimum Gasteiger partial charge on any atom is -0.497 e. The van der Waals surface area contributed by atoms with Crippen LogP contribution in [0.2, 0.25) is 0 Å². The van der Waals surface area contributed by atoms with Gasteiger partial charge in [-0.05, 0) is 37.5 Å². The molecule has 3 rings (SSSR count). The summed E-state index contributed by atoms with van der Waals surface area (Å²) in [5.74, 6) is 0.935. The number of aromatic amines is 1. The first-order chi connectivity index (χ1) is 9.78. The summed E-state index contributed by atoms with van der Waals surface area (Å²) in [4.78, 5) is 15.5. The predicted molar refractivity (Wildman–Crippen MR) is 77.4 cm³/mol. The van der Waals surface area contributed by atoms with Crippen LogP contribution in [0.25, 0.3) is 10.9 Å². The van der Waals surface area contributed by atoms with Gasteiger partial charge in [-0.15, -0.1) is 0 Å². The topological polar surface area (TPSA) is 51.3 Å². The van der Waals surface area contributed by atoms with E-state index in [2.05, 4.69) is 4.98 Å². The van der Waals surface area contributed by atoms with E-state index in [9.17, 15) is 4.79 Å². The SMILES string of the molecule is COc1ccc2[nH]cc(C(=O)CCC3CCCO3)c2c1. The Kier molecular flexibility index (Phi) is 3.74. The molecule has 1 aliphatic rings. The Labute approximate surface area is 118 Å². The van der Waals surface area contributed by atoms with Crippen LogP contribution in [0.15, 0.2) is 24.4 Å². The number of nitrogens with one attached hydrogen (secondary N) is 1. The number of hydrogen-bond acceptors (Lipinski definition) is 3. The number of Topliss-reactive ketones (excluding diaryl/α,β-unsaturated/α-hetero) is 1. The number of carbonyl (C=O) groups is 1. The molecule has 0 spiro atoms. The Hall–Kier alpha value is -1.81. The lowest BCUT2D eigenvalue weighted by molar-refractivity contribution is 0.0860. The van der Waals surface area contributed by atoms with E-state index < -0.39 is 0 Å². The zero-order valence-corrected chi connectivity index (χ0v) is 11.6. The zero-order chi connectivity index (χ0) is 13.9. The smallest absolute Gasteiger partial charge is 0.165 e. The van der Waals surface area contributed by atoms with Crippen molar-refractivity contribution < 1.29 is 14.3 Å². The largest absolute Gasteiger partial charge is 0.497 e. The quantitative estimate of drug-likeness (QED) is 0.850. The maximum absolute atomic E-state index is 12.4. The normalized spacial score (nSPS) is 18.6. The summed E-state index contributed by atoms with van der Waals surface area (Å²) in [7, 11) is 1.63. The van der Waals surface area contributed by atoms with Gasteiger partial charge in [0, 0.05) is 35.7 Å². The van der Waals surface area contributed by atoms with E-state index in [4.69, 9.17) is 9.47 Å². The standard InChI is InChI=1S/C16H19NO3/c1-19-12-4-6-15-13(9-12)14(10-17-15)16(18)7-5-11-3-2-8-20-11/h4,6,9-11,17H,2-3,5,7-8H2,1H3. The molecule has 4 nitrogen and oxygen atoms in total. The highest BCUT2D eigenvalue weighted by Gasteiger charge is 2.19. The van der Waals surface area contributed by atoms with Crippen LogP contribution < -0.4 is 4.74 Å². The number of ether oxygens (including phenoxy) is 2. The van der Waals surface area contributed by atoms with Crippen LogP contribution in [0.5, 0.6) is 5.75 Å². The Bertz CT molecular complexity index is 611. The maximum atomic E-state index is 12.4. The summed E-state index contributed by atoms with van der Waals surface area (Å²) < 4.78 is 10.8. The number of hydrogen-bond donors (Lipinski definition) is 1. The molecule has 4 heteroatoms. The molecule has 1 aromatic heterocycles. The first-order valence-corrected chi connectivity index (χ1v) is 7.08. The first kappa shape index (κ1) is 13.2. The molecule has 0 aliphatic carbocycles. The number of methoxy groups -OCH3 is 1. The van der Waals surface area contributed by atoms with Crippen LogP contribution in [-0.2, 0) is 4.74 Å². The number of benzene rings is 1. The van der Waals surface area contributed by atoms with Gasteiger partial charge in [-0.2, -0.15) is 0 Å². The van der Waals surface area contributed by atoms with E-state index in [0.29, 0.717) is 6.42 Å². The van der Waals surface area contributed by atoms with Crippen molar-refractivity contribution in [1.29, 1.82) is 0 Å². The molecule has 1 saturated heterocycles. The van der Waals surface area contributed by atoms with Gasteiger partial charge in [0.2, 0.25) is 0 Å². The van der Waals surface area contributed by atoms with Crippen molar-refractivity contribution in [2.24, 2.45) is 0 Å². The molecule has 20 heavy (non-hydrogen) atoms. The van der Waals surface area contributed by atoms with E-state index in [1.807, 2.05) is 18.2 Å². The molecule has 0 saturated carbocycles. The van der Waals surface area contributed by atoms with E-state index in [0.717, 1.165) is 48.1 Å². The van der Waals surface area contributed by atoms with Gasteiger partial charge in [0.05, 0.1) is 13.2 Å². The number of H-pyrrole nitrogens is 1. The van der Waals surface area contributed by atoms with Crippen molar-refractivity contribution in [3.8, 4) is 5.75 Å². The number of ketones is 1. The monoisotopic (exact) mass is 273 g/mol. The molecule has 1 atom stereocenters. The average molecular weight is 273 g/mol. The van der Waals surface area contributed by atoms with Crippen LogP contribution >= 0.6 is 0 Å². The fourth-order valence-corrected chi connectivity index (χ4v) is 2.76. The molecule has 1 fully saturated rings. The number of carbonyl (C=O) groups excluding carboxylic acids is 1. The van der Waals surface area contributed by atoms with Gasteiger partial charge >= 0.3 is 0 Å². The summed E-state index contributed by atoms with van der Waals surface area (Å²) in [6, 6.07) is 5.73. The van der Waals surface area contributed by atoms with Crippen LogP contribution in [0.4, 0.5) is 0 Å². The Morgan fingerprint density at radius 2 is 2.40 bits per heavy atom. The third-order valence-corrected chi connectivity index (χ3v) is 3.91. The summed E-state index contributed by atoms with van der Waals surface area (Å²) >= 11 is 0. The second-order valence-electron chi connectivity index (χ2n) is 5.21. The van der Waals surface area contributed by atoms with E-state index in [-0.39, 0.29) is 11.9 Å². The molecule has 0 bridgehead atoms. The first-order valence-electron chi connectivity index (χ1n) is 7.08. The lowest BCUT2D eigenvalue weighted by atomic mass is 10.0. The molecule has 2 aromatic rings. The third-order valence-electron chi connectivity index (χ3n) is 3.91. The van der Waals surface area contributed by atoms with E-state index in [1.165, 1.54) is 0 Å². The van der Waals surface area contributed by atoms with Crippen molar-refractivity contribution >= 4 is 16.7 Å². The molecule has 1 unspecified atom stereocenters. The molecule has 2 heterocycles. The van der Waals surface area contributed by atoms with Gasteiger partial charge in [-0.1, -0.05) is 0 Å². The van der Waals surface area contributed by atoms with Gasteiger partial charge in [0.1, 0.15) is 5.75 Å². The fourth-order valence-electron chi connectivity index (χ4n) is 2.76. The highest BCUT2D eigenvalue weighted by Crippen LogP contribution is 2.25. The summed E-state index contributed by atoms with van der Waals surface area (Å²) in [5.41, 5.74) is 1.71. The predicted octanol–water partition coefficient (Wildman–Crippen LogP) is 3.32. The van der Waals surface area contributed by atoms with Crippen LogP contribution in [0.3, 0.4) is 0 Å². The lowest BCUT2D eigenvalue weighted by Gasteiger charge is -2.07. The molecular formula is C16H19NO3. The van der Waals surface area contributed by atoms with Gasteiger partial charge in [0.15, 0.2) is 5.78 Å². The molecule has 0 amide bonds. The van der Waals surface area contributed by atoms with Crippen molar-refractivity contribution in [2.45, 2.75) is 31.8 Å². The second kappa shape index (κ2) is 5.67. The molecule has 1 aliphatic heterocycles. The Morgan fingerprint density at radius 1 is 1.50 bits per heavy atom.